The maximum atomic E-state index is 11.8. The van der Waals surface area contributed by atoms with Gasteiger partial charge in [0.1, 0.15) is 5.15 Å². The largest absolute Gasteiger partial charge is 0.272 e. The van der Waals surface area contributed by atoms with Crippen LogP contribution < -0.4 is 5.43 Å². The molecule has 126 valence electrons. The molecule has 0 fully saturated rings. The van der Waals surface area contributed by atoms with Crippen LogP contribution in [0.25, 0.3) is 10.9 Å². The summed E-state index contributed by atoms with van der Waals surface area (Å²) in [6, 6.07) is 16.9. The van der Waals surface area contributed by atoms with Crippen LogP contribution in [0.5, 0.6) is 0 Å². The molecule has 0 radical (unpaired) electrons. The van der Waals surface area contributed by atoms with E-state index in [1.807, 2.05) is 36.4 Å². The summed E-state index contributed by atoms with van der Waals surface area (Å²) in [4.78, 5) is 17.2. The van der Waals surface area contributed by atoms with Crippen LogP contribution in [0.2, 0.25) is 10.2 Å². The van der Waals surface area contributed by atoms with Gasteiger partial charge in [-0.05, 0) is 36.4 Å². The molecule has 0 unspecified atom stereocenters. The molecule has 0 atom stereocenters. The predicted molar refractivity (Wildman–Crippen MR) is 105 cm³/mol. The Balaban J connectivity index is 1.62. The molecule has 0 spiro atoms. The summed E-state index contributed by atoms with van der Waals surface area (Å²) in [6.07, 6.45) is 1.47. The normalized spacial score (nSPS) is 11.1. The Hall–Kier alpha value is -2.08. The topological polar surface area (TPSA) is 54.4 Å². The first-order valence-electron chi connectivity index (χ1n) is 7.37. The molecule has 0 saturated carbocycles. The van der Waals surface area contributed by atoms with Crippen molar-refractivity contribution in [2.75, 3.05) is 5.75 Å². The Kier molecular flexibility index (Phi) is 5.91. The van der Waals surface area contributed by atoms with Gasteiger partial charge in [-0.25, -0.2) is 10.4 Å². The van der Waals surface area contributed by atoms with Gasteiger partial charge in [0, 0.05) is 20.9 Å². The average molecular weight is 390 g/mol. The number of fused-ring (bicyclic) bond motifs is 1. The van der Waals surface area contributed by atoms with E-state index in [0.717, 1.165) is 15.8 Å². The molecular weight excluding hydrogens is 377 g/mol. The van der Waals surface area contributed by atoms with Gasteiger partial charge in [-0.3, -0.25) is 4.79 Å². The zero-order valence-electron chi connectivity index (χ0n) is 12.9. The van der Waals surface area contributed by atoms with Gasteiger partial charge < -0.3 is 0 Å². The second-order valence-corrected chi connectivity index (χ2v) is 6.94. The Bertz CT molecular complexity index is 932. The Morgan fingerprint density at radius 3 is 2.76 bits per heavy atom. The molecule has 0 aliphatic heterocycles. The summed E-state index contributed by atoms with van der Waals surface area (Å²) in [7, 11) is 0. The highest BCUT2D eigenvalue weighted by Crippen LogP contribution is 2.22. The molecule has 2 aromatic carbocycles. The number of thioether (sulfide) groups is 1. The number of pyridine rings is 1. The van der Waals surface area contributed by atoms with Gasteiger partial charge >= 0.3 is 0 Å². The van der Waals surface area contributed by atoms with Gasteiger partial charge in [0.2, 0.25) is 5.91 Å². The van der Waals surface area contributed by atoms with Crippen molar-refractivity contribution in [2.45, 2.75) is 4.90 Å². The standard InChI is InChI=1S/C18H13Cl2N3OS/c19-14-6-7-16-12(9-14)8-13(18(20)22-16)10-21-23-17(24)11-25-15-4-2-1-3-5-15/h1-10H,11H2,(H,23,24)/b21-10-. The highest BCUT2D eigenvalue weighted by Gasteiger charge is 2.05. The van der Waals surface area contributed by atoms with Crippen LogP contribution in [-0.2, 0) is 4.79 Å². The van der Waals surface area contributed by atoms with Crippen molar-refractivity contribution >= 4 is 58.0 Å². The molecule has 1 N–H and O–H groups in total. The predicted octanol–water partition coefficient (Wildman–Crippen LogP) is 4.78. The minimum absolute atomic E-state index is 0.196. The van der Waals surface area contributed by atoms with Crippen molar-refractivity contribution in [1.82, 2.24) is 10.4 Å². The minimum Gasteiger partial charge on any atom is -0.272 e. The first kappa shape index (κ1) is 17.7. The van der Waals surface area contributed by atoms with Crippen molar-refractivity contribution in [2.24, 2.45) is 5.10 Å². The smallest absolute Gasteiger partial charge is 0.250 e. The molecule has 0 aliphatic carbocycles. The molecule has 3 rings (SSSR count). The number of hydrogen-bond donors (Lipinski definition) is 1. The van der Waals surface area contributed by atoms with Crippen molar-refractivity contribution in [3.63, 3.8) is 0 Å². The van der Waals surface area contributed by atoms with Gasteiger partial charge in [-0.2, -0.15) is 5.10 Å². The SMILES string of the molecule is O=C(CSc1ccccc1)N/N=C\c1cc2cc(Cl)ccc2nc1Cl. The molecule has 1 amide bonds. The summed E-state index contributed by atoms with van der Waals surface area (Å²) in [6.45, 7) is 0. The van der Waals surface area contributed by atoms with Gasteiger partial charge in [-0.15, -0.1) is 11.8 Å². The molecular formula is C18H13Cl2N3OS. The number of nitrogens with zero attached hydrogens (tertiary/aromatic N) is 2. The lowest BCUT2D eigenvalue weighted by molar-refractivity contribution is -0.118. The zero-order valence-corrected chi connectivity index (χ0v) is 15.3. The van der Waals surface area contributed by atoms with E-state index in [1.165, 1.54) is 18.0 Å². The molecule has 0 bridgehead atoms. The monoisotopic (exact) mass is 389 g/mol. The zero-order chi connectivity index (χ0) is 17.6. The lowest BCUT2D eigenvalue weighted by Gasteiger charge is -2.03. The van der Waals surface area contributed by atoms with Crippen molar-refractivity contribution in [3.8, 4) is 0 Å². The number of rotatable bonds is 5. The van der Waals surface area contributed by atoms with Gasteiger partial charge in [0.05, 0.1) is 17.5 Å². The van der Waals surface area contributed by atoms with Gasteiger partial charge in [0.25, 0.3) is 0 Å². The third-order valence-electron chi connectivity index (χ3n) is 3.26. The third-order valence-corrected chi connectivity index (χ3v) is 4.81. The Morgan fingerprint density at radius 1 is 1.16 bits per heavy atom. The van der Waals surface area contributed by atoms with Crippen molar-refractivity contribution in [1.29, 1.82) is 0 Å². The first-order chi connectivity index (χ1) is 12.1. The number of hydrogen-bond acceptors (Lipinski definition) is 4. The minimum atomic E-state index is -0.196. The van der Waals surface area contributed by atoms with E-state index in [9.17, 15) is 4.79 Å². The van der Waals surface area contributed by atoms with Crippen LogP contribution in [0.1, 0.15) is 5.56 Å². The lowest BCUT2D eigenvalue weighted by Crippen LogP contribution is -2.19. The van der Waals surface area contributed by atoms with E-state index in [2.05, 4.69) is 15.5 Å². The second kappa shape index (κ2) is 8.34. The number of amides is 1. The Morgan fingerprint density at radius 2 is 1.96 bits per heavy atom. The van der Waals surface area contributed by atoms with E-state index in [4.69, 9.17) is 23.2 Å². The number of benzene rings is 2. The average Bonchev–Trinajstić information content (AvgIpc) is 2.61. The van der Waals surface area contributed by atoms with E-state index in [-0.39, 0.29) is 11.7 Å². The molecule has 4 nitrogen and oxygen atoms in total. The molecule has 3 aromatic rings. The molecule has 0 saturated heterocycles. The van der Waals surface area contributed by atoms with Crippen LogP contribution in [-0.4, -0.2) is 22.9 Å². The van der Waals surface area contributed by atoms with Crippen LogP contribution >= 0.6 is 35.0 Å². The molecule has 0 aliphatic rings. The quantitative estimate of drug-likeness (QED) is 0.295. The molecule has 7 heteroatoms. The number of halogens is 2. The first-order valence-corrected chi connectivity index (χ1v) is 9.11. The van der Waals surface area contributed by atoms with Gasteiger partial charge in [-0.1, -0.05) is 41.4 Å². The van der Waals surface area contributed by atoms with Crippen LogP contribution in [0, 0.1) is 0 Å². The second-order valence-electron chi connectivity index (χ2n) is 5.10. The molecule has 1 heterocycles. The summed E-state index contributed by atoms with van der Waals surface area (Å²) < 4.78 is 0. The van der Waals surface area contributed by atoms with Crippen LogP contribution in [0.3, 0.4) is 0 Å². The van der Waals surface area contributed by atoms with E-state index in [0.29, 0.717) is 15.7 Å². The van der Waals surface area contributed by atoms with Crippen LogP contribution in [0.15, 0.2) is 64.6 Å². The van der Waals surface area contributed by atoms with E-state index in [1.54, 1.807) is 18.2 Å². The lowest BCUT2D eigenvalue weighted by atomic mass is 10.2. The maximum Gasteiger partial charge on any atom is 0.250 e. The number of hydrazone groups is 1. The van der Waals surface area contributed by atoms with E-state index >= 15 is 0 Å². The number of carbonyl (C=O) groups excluding carboxylic acids is 1. The summed E-state index contributed by atoms with van der Waals surface area (Å²) in [5.41, 5.74) is 3.83. The number of carbonyl (C=O) groups is 1. The summed E-state index contributed by atoms with van der Waals surface area (Å²) in [5.74, 6) is 0.0822. The summed E-state index contributed by atoms with van der Waals surface area (Å²) >= 11 is 13.6. The molecule has 1 aromatic heterocycles. The van der Waals surface area contributed by atoms with Crippen LogP contribution in [0.4, 0.5) is 0 Å². The Labute approximate surface area is 159 Å². The fourth-order valence-corrected chi connectivity index (χ4v) is 3.19. The number of nitrogens with one attached hydrogen (secondary N) is 1. The fourth-order valence-electron chi connectivity index (χ4n) is 2.10. The number of aromatic nitrogens is 1. The highest BCUT2D eigenvalue weighted by atomic mass is 35.5. The maximum absolute atomic E-state index is 11.8. The van der Waals surface area contributed by atoms with Crippen molar-refractivity contribution < 1.29 is 4.79 Å². The fraction of sp³-hybridized carbons (Fsp3) is 0.0556. The third kappa shape index (κ3) is 4.95. The summed E-state index contributed by atoms with van der Waals surface area (Å²) in [5, 5.41) is 5.73. The molecule has 25 heavy (non-hydrogen) atoms. The van der Waals surface area contributed by atoms with E-state index < -0.39 is 0 Å². The highest BCUT2D eigenvalue weighted by molar-refractivity contribution is 8.00. The van der Waals surface area contributed by atoms with Crippen molar-refractivity contribution in [3.05, 3.63) is 70.3 Å². The van der Waals surface area contributed by atoms with Gasteiger partial charge in [0.15, 0.2) is 0 Å².